The van der Waals surface area contributed by atoms with E-state index in [1.54, 1.807) is 7.11 Å². The van der Waals surface area contributed by atoms with Crippen molar-refractivity contribution >= 4 is 39.6 Å². The Balaban J connectivity index is 1.30. The molecule has 0 aliphatic heterocycles. The van der Waals surface area contributed by atoms with Crippen LogP contribution in [0.4, 0.5) is 17.3 Å². The van der Waals surface area contributed by atoms with Crippen molar-refractivity contribution in [3.63, 3.8) is 0 Å². The van der Waals surface area contributed by atoms with Gasteiger partial charge >= 0.3 is 0 Å². The number of amides is 1. The molecule has 0 unspecified atom stereocenters. The van der Waals surface area contributed by atoms with Gasteiger partial charge in [-0.15, -0.1) is 0 Å². The molecule has 0 atom stereocenters. The third-order valence-electron chi connectivity index (χ3n) is 8.43. The Kier molecular flexibility index (Phi) is 8.56. The number of aromatic nitrogens is 4. The van der Waals surface area contributed by atoms with Crippen LogP contribution in [-0.4, -0.2) is 44.7 Å². The molecule has 6 rings (SSSR count). The van der Waals surface area contributed by atoms with Crippen molar-refractivity contribution < 1.29 is 9.53 Å². The lowest BCUT2D eigenvalue weighted by atomic mass is 9.93. The standard InChI is InChI=1S/C35H39N7O2/c1-5-33(43)40-26-12-15-29-23(18-26)16-17-36-34(29)28-9-7-6-8-24(28)20-37-32-19-31(39-25-10-13-27(44-4)14-11-25)41-35-30(22(2)3)21-38-42(32)35/h5-9,12,15-19,21-22,25,27,37H,1,10-11,13-14,20H2,2-4H3,(H,39,41)(H,40,43)/t25-,27-. The van der Waals surface area contributed by atoms with Crippen LogP contribution in [0.1, 0.15) is 56.6 Å². The van der Waals surface area contributed by atoms with Gasteiger partial charge in [0.15, 0.2) is 5.65 Å². The smallest absolute Gasteiger partial charge is 0.247 e. The Morgan fingerprint density at radius 3 is 2.70 bits per heavy atom. The zero-order valence-corrected chi connectivity index (χ0v) is 25.5. The molecule has 3 N–H and O–H groups in total. The zero-order valence-electron chi connectivity index (χ0n) is 25.5. The highest BCUT2D eigenvalue weighted by molar-refractivity contribution is 6.02. The summed E-state index contributed by atoms with van der Waals surface area (Å²) in [6.45, 7) is 8.44. The van der Waals surface area contributed by atoms with E-state index in [4.69, 9.17) is 19.8 Å². The van der Waals surface area contributed by atoms with Crippen LogP contribution in [0.2, 0.25) is 0 Å². The summed E-state index contributed by atoms with van der Waals surface area (Å²) in [7, 11) is 1.80. The molecule has 5 aromatic rings. The predicted molar refractivity (Wildman–Crippen MR) is 177 cm³/mol. The third-order valence-corrected chi connectivity index (χ3v) is 8.43. The molecule has 3 heterocycles. The number of nitrogens with zero attached hydrogens (tertiary/aromatic N) is 4. The number of hydrogen-bond acceptors (Lipinski definition) is 7. The van der Waals surface area contributed by atoms with E-state index >= 15 is 0 Å². The molecule has 9 heteroatoms. The Labute approximate surface area is 257 Å². The SMILES string of the molecule is C=CC(=O)Nc1ccc2c(-c3ccccc3CNc3cc(N[C@H]4CC[C@H](OC)CC4)nc4c(C(C)C)cnn34)nccc2c1. The number of fused-ring (bicyclic) bond motifs is 2. The van der Waals surface area contributed by atoms with Gasteiger partial charge in [0.25, 0.3) is 0 Å². The number of benzene rings is 2. The largest absolute Gasteiger partial charge is 0.381 e. The van der Waals surface area contributed by atoms with Crippen molar-refractivity contribution in [3.8, 4) is 11.3 Å². The van der Waals surface area contributed by atoms with Crippen LogP contribution in [0.25, 0.3) is 27.7 Å². The van der Waals surface area contributed by atoms with Gasteiger partial charge in [0.05, 0.1) is 18.0 Å². The van der Waals surface area contributed by atoms with E-state index in [9.17, 15) is 4.79 Å². The van der Waals surface area contributed by atoms with Gasteiger partial charge in [0, 0.05) is 54.2 Å². The second kappa shape index (κ2) is 12.9. The van der Waals surface area contributed by atoms with Crippen LogP contribution in [0.15, 0.2) is 79.6 Å². The summed E-state index contributed by atoms with van der Waals surface area (Å²) in [5, 5.41) is 16.9. The van der Waals surface area contributed by atoms with E-state index in [-0.39, 0.29) is 5.91 Å². The lowest BCUT2D eigenvalue weighted by molar-refractivity contribution is -0.111. The molecule has 1 amide bonds. The molecule has 1 fully saturated rings. The van der Waals surface area contributed by atoms with Gasteiger partial charge in [0.1, 0.15) is 11.6 Å². The minimum absolute atomic E-state index is 0.241. The summed E-state index contributed by atoms with van der Waals surface area (Å²) in [6, 6.07) is 18.5. The fourth-order valence-electron chi connectivity index (χ4n) is 5.99. The first-order chi connectivity index (χ1) is 21.4. The highest BCUT2D eigenvalue weighted by Crippen LogP contribution is 2.32. The average Bonchev–Trinajstić information content (AvgIpc) is 3.48. The first kappa shape index (κ1) is 29.3. The molecule has 226 valence electrons. The third kappa shape index (κ3) is 6.14. The number of nitrogens with one attached hydrogen (secondary N) is 3. The van der Waals surface area contributed by atoms with Crippen molar-refractivity contribution in [2.75, 3.05) is 23.1 Å². The molecule has 0 bridgehead atoms. The van der Waals surface area contributed by atoms with Gasteiger partial charge in [-0.1, -0.05) is 50.8 Å². The number of carbonyl (C=O) groups excluding carboxylic acids is 1. The van der Waals surface area contributed by atoms with Crippen LogP contribution in [0.5, 0.6) is 0 Å². The summed E-state index contributed by atoms with van der Waals surface area (Å²) >= 11 is 0. The maximum Gasteiger partial charge on any atom is 0.247 e. The number of methoxy groups -OCH3 is 1. The van der Waals surface area contributed by atoms with E-state index in [0.29, 0.717) is 30.3 Å². The van der Waals surface area contributed by atoms with Crippen LogP contribution in [-0.2, 0) is 16.1 Å². The van der Waals surface area contributed by atoms with E-state index < -0.39 is 0 Å². The summed E-state index contributed by atoms with van der Waals surface area (Å²) in [5.41, 5.74) is 5.72. The summed E-state index contributed by atoms with van der Waals surface area (Å²) < 4.78 is 7.48. The molecule has 0 radical (unpaired) electrons. The Hall–Kier alpha value is -4.76. The van der Waals surface area contributed by atoms with Gasteiger partial charge in [-0.3, -0.25) is 9.78 Å². The molecule has 0 saturated heterocycles. The maximum atomic E-state index is 11.8. The number of ether oxygens (including phenoxy) is 1. The lowest BCUT2D eigenvalue weighted by Crippen LogP contribution is -2.29. The number of anilines is 3. The van der Waals surface area contributed by atoms with Crippen LogP contribution in [0.3, 0.4) is 0 Å². The Morgan fingerprint density at radius 1 is 1.11 bits per heavy atom. The molecule has 2 aromatic carbocycles. The molecule has 1 aliphatic carbocycles. The van der Waals surface area contributed by atoms with Crippen LogP contribution < -0.4 is 16.0 Å². The second-order valence-corrected chi connectivity index (χ2v) is 11.7. The van der Waals surface area contributed by atoms with E-state index in [2.05, 4.69) is 54.6 Å². The van der Waals surface area contributed by atoms with E-state index in [0.717, 1.165) is 76.1 Å². The van der Waals surface area contributed by atoms with Gasteiger partial charge < -0.3 is 20.7 Å². The molecule has 1 aliphatic rings. The zero-order chi connectivity index (χ0) is 30.6. The summed E-state index contributed by atoms with van der Waals surface area (Å²) in [5.74, 6) is 1.78. The van der Waals surface area contributed by atoms with Gasteiger partial charge in [-0.05, 0) is 66.8 Å². The monoisotopic (exact) mass is 589 g/mol. The van der Waals surface area contributed by atoms with Crippen molar-refractivity contribution in [2.24, 2.45) is 0 Å². The van der Waals surface area contributed by atoms with Gasteiger partial charge in [0.2, 0.25) is 5.91 Å². The molecule has 1 saturated carbocycles. The highest BCUT2D eigenvalue weighted by Gasteiger charge is 2.22. The van der Waals surface area contributed by atoms with Crippen LogP contribution in [0, 0.1) is 0 Å². The molecular formula is C35H39N7O2. The van der Waals surface area contributed by atoms with E-state index in [1.165, 1.54) is 6.08 Å². The van der Waals surface area contributed by atoms with E-state index in [1.807, 2.05) is 53.3 Å². The van der Waals surface area contributed by atoms with Crippen molar-refractivity contribution in [3.05, 3.63) is 90.8 Å². The average molecular weight is 590 g/mol. The number of carbonyl (C=O) groups is 1. The maximum absolute atomic E-state index is 11.8. The van der Waals surface area contributed by atoms with Gasteiger partial charge in [-0.25, -0.2) is 4.98 Å². The summed E-state index contributed by atoms with van der Waals surface area (Å²) in [6.07, 6.45) is 9.55. The first-order valence-corrected chi connectivity index (χ1v) is 15.3. The quantitative estimate of drug-likeness (QED) is 0.148. The minimum Gasteiger partial charge on any atom is -0.381 e. The topological polar surface area (TPSA) is 105 Å². The van der Waals surface area contributed by atoms with Crippen molar-refractivity contribution in [2.45, 2.75) is 64.1 Å². The fraction of sp³-hybridized carbons (Fsp3) is 0.314. The molecule has 44 heavy (non-hydrogen) atoms. The normalized spacial score (nSPS) is 16.7. The molecular weight excluding hydrogens is 550 g/mol. The lowest BCUT2D eigenvalue weighted by Gasteiger charge is -2.28. The highest BCUT2D eigenvalue weighted by atomic mass is 16.5. The Morgan fingerprint density at radius 2 is 1.93 bits per heavy atom. The first-order valence-electron chi connectivity index (χ1n) is 15.3. The van der Waals surface area contributed by atoms with Crippen molar-refractivity contribution in [1.29, 1.82) is 0 Å². The predicted octanol–water partition coefficient (Wildman–Crippen LogP) is 7.17. The number of hydrogen-bond donors (Lipinski definition) is 3. The minimum atomic E-state index is -0.241. The van der Waals surface area contributed by atoms with Gasteiger partial charge in [-0.2, -0.15) is 9.61 Å². The van der Waals surface area contributed by atoms with Crippen molar-refractivity contribution in [1.82, 2.24) is 19.6 Å². The second-order valence-electron chi connectivity index (χ2n) is 11.7. The van der Waals surface area contributed by atoms with Crippen LogP contribution >= 0.6 is 0 Å². The summed E-state index contributed by atoms with van der Waals surface area (Å²) in [4.78, 5) is 21.6. The fourth-order valence-corrected chi connectivity index (χ4v) is 5.99. The Bertz CT molecular complexity index is 1800. The number of rotatable bonds is 10. The number of pyridine rings is 1. The molecule has 3 aromatic heterocycles. The molecule has 9 nitrogen and oxygen atoms in total. The molecule has 0 spiro atoms.